The summed E-state index contributed by atoms with van der Waals surface area (Å²) in [7, 11) is 3.22. The lowest BCUT2D eigenvalue weighted by molar-refractivity contribution is -0.143. The molecule has 0 fully saturated rings. The lowest BCUT2D eigenvalue weighted by atomic mass is 10.2. The number of carbonyl (C=O) groups is 2. The van der Waals surface area contributed by atoms with Crippen LogP contribution in [0.15, 0.2) is 30.3 Å². The first-order chi connectivity index (χ1) is 12.1. The average molecular weight is 349 g/mol. The maximum absolute atomic E-state index is 12.5. The highest BCUT2D eigenvalue weighted by atomic mass is 16.5. The molecule has 0 aliphatic rings. The minimum atomic E-state index is -0.302. The van der Waals surface area contributed by atoms with Crippen LogP contribution in [0.4, 0.5) is 0 Å². The molecule has 0 saturated heterocycles. The Balaban J connectivity index is 2.68. The molecule has 0 saturated carbocycles. The molecule has 0 atom stereocenters. The zero-order valence-corrected chi connectivity index (χ0v) is 15.2. The van der Waals surface area contributed by atoms with Gasteiger partial charge in [-0.3, -0.25) is 9.59 Å². The summed E-state index contributed by atoms with van der Waals surface area (Å²) in [5, 5.41) is 0. The molecular weight excluding hydrogens is 322 g/mol. The van der Waals surface area contributed by atoms with Crippen molar-refractivity contribution in [2.75, 3.05) is 40.5 Å². The van der Waals surface area contributed by atoms with Gasteiger partial charge in [-0.2, -0.15) is 0 Å². The van der Waals surface area contributed by atoms with Crippen LogP contribution in [0, 0.1) is 0 Å². The van der Waals surface area contributed by atoms with Crippen molar-refractivity contribution in [3.8, 4) is 5.75 Å². The lowest BCUT2D eigenvalue weighted by Crippen LogP contribution is -2.33. The molecule has 0 radical (unpaired) electrons. The zero-order chi connectivity index (χ0) is 18.5. The van der Waals surface area contributed by atoms with Gasteiger partial charge in [0.05, 0.1) is 20.1 Å². The molecule has 0 heterocycles. The molecule has 1 aromatic rings. The first kappa shape index (κ1) is 20.7. The van der Waals surface area contributed by atoms with Crippen molar-refractivity contribution in [2.45, 2.75) is 19.8 Å². The van der Waals surface area contributed by atoms with Gasteiger partial charge < -0.3 is 19.1 Å². The van der Waals surface area contributed by atoms with Crippen LogP contribution in [0.5, 0.6) is 5.75 Å². The van der Waals surface area contributed by atoms with E-state index in [1.807, 2.05) is 24.3 Å². The van der Waals surface area contributed by atoms with Crippen LogP contribution in [0.2, 0.25) is 0 Å². The number of benzene rings is 1. The fourth-order valence-corrected chi connectivity index (χ4v) is 2.21. The first-order valence-electron chi connectivity index (χ1n) is 8.36. The Morgan fingerprint density at radius 2 is 2.00 bits per heavy atom. The molecule has 1 rings (SSSR count). The van der Waals surface area contributed by atoms with E-state index in [0.717, 1.165) is 11.3 Å². The molecule has 0 aliphatic carbocycles. The van der Waals surface area contributed by atoms with Gasteiger partial charge in [-0.15, -0.1) is 0 Å². The summed E-state index contributed by atoms with van der Waals surface area (Å²) in [4.78, 5) is 25.6. The van der Waals surface area contributed by atoms with E-state index in [4.69, 9.17) is 14.2 Å². The van der Waals surface area contributed by atoms with Crippen LogP contribution in [-0.2, 0) is 19.1 Å². The third kappa shape index (κ3) is 8.35. The Hall–Kier alpha value is -2.34. The molecule has 0 aromatic heterocycles. The topological polar surface area (TPSA) is 65.1 Å². The van der Waals surface area contributed by atoms with E-state index in [2.05, 4.69) is 0 Å². The van der Waals surface area contributed by atoms with Crippen molar-refractivity contribution >= 4 is 18.0 Å². The van der Waals surface area contributed by atoms with Crippen molar-refractivity contribution < 1.29 is 23.8 Å². The summed E-state index contributed by atoms with van der Waals surface area (Å²) in [6.45, 7) is 3.50. The second-order valence-corrected chi connectivity index (χ2v) is 5.34. The molecule has 0 bridgehead atoms. The predicted molar refractivity (Wildman–Crippen MR) is 96.4 cm³/mol. The van der Waals surface area contributed by atoms with E-state index in [0.29, 0.717) is 32.7 Å². The minimum Gasteiger partial charge on any atom is -0.497 e. The number of carbonyl (C=O) groups excluding carboxylic acids is 2. The number of nitrogens with zero attached hydrogens (tertiary/aromatic N) is 1. The largest absolute Gasteiger partial charge is 0.497 e. The summed E-state index contributed by atoms with van der Waals surface area (Å²) in [6.07, 6.45) is 4.13. The van der Waals surface area contributed by atoms with Gasteiger partial charge in [0.15, 0.2) is 0 Å². The number of hydrogen-bond acceptors (Lipinski definition) is 5. The van der Waals surface area contributed by atoms with Crippen LogP contribution in [0.25, 0.3) is 6.08 Å². The average Bonchev–Trinajstić information content (AvgIpc) is 2.63. The highest BCUT2D eigenvalue weighted by Crippen LogP contribution is 2.13. The molecule has 0 N–H and O–H groups in total. The third-order valence-corrected chi connectivity index (χ3v) is 3.49. The number of hydrogen-bond donors (Lipinski definition) is 0. The van der Waals surface area contributed by atoms with Gasteiger partial charge >= 0.3 is 5.97 Å². The van der Waals surface area contributed by atoms with Crippen molar-refractivity contribution in [1.82, 2.24) is 4.90 Å². The molecule has 138 valence electrons. The van der Waals surface area contributed by atoms with Gasteiger partial charge in [0.2, 0.25) is 5.91 Å². The number of methoxy groups -OCH3 is 2. The van der Waals surface area contributed by atoms with Gasteiger partial charge in [-0.25, -0.2) is 0 Å². The maximum atomic E-state index is 12.5. The second kappa shape index (κ2) is 12.1. The molecule has 6 heteroatoms. The Labute approximate surface area is 149 Å². The molecule has 25 heavy (non-hydrogen) atoms. The van der Waals surface area contributed by atoms with E-state index in [9.17, 15) is 9.59 Å². The van der Waals surface area contributed by atoms with E-state index in [1.54, 1.807) is 32.1 Å². The van der Waals surface area contributed by atoms with Gasteiger partial charge in [0.1, 0.15) is 5.75 Å². The van der Waals surface area contributed by atoms with Gasteiger partial charge in [0, 0.05) is 32.9 Å². The van der Waals surface area contributed by atoms with E-state index < -0.39 is 0 Å². The van der Waals surface area contributed by atoms with Crippen LogP contribution in [-0.4, -0.2) is 57.3 Å². The minimum absolute atomic E-state index is 0.150. The van der Waals surface area contributed by atoms with E-state index in [1.165, 1.54) is 6.08 Å². The zero-order valence-electron chi connectivity index (χ0n) is 15.2. The van der Waals surface area contributed by atoms with Gasteiger partial charge in [0.25, 0.3) is 0 Å². The first-order valence-corrected chi connectivity index (χ1v) is 8.36. The molecule has 1 amide bonds. The fourth-order valence-electron chi connectivity index (χ4n) is 2.21. The Kier molecular flexibility index (Phi) is 10.0. The summed E-state index contributed by atoms with van der Waals surface area (Å²) in [5.41, 5.74) is 0.870. The number of ether oxygens (including phenoxy) is 3. The van der Waals surface area contributed by atoms with Crippen LogP contribution in [0.3, 0.4) is 0 Å². The van der Waals surface area contributed by atoms with E-state index >= 15 is 0 Å². The normalized spacial score (nSPS) is 10.7. The SMILES string of the molecule is CCOC(=O)CCN(CCCOC)C(=O)/C=C/c1cccc(OC)c1. The molecular formula is C19H27NO5. The molecule has 6 nitrogen and oxygen atoms in total. The van der Waals surface area contributed by atoms with Crippen molar-refractivity contribution in [1.29, 1.82) is 0 Å². The quantitative estimate of drug-likeness (QED) is 0.349. The van der Waals surface area contributed by atoms with Gasteiger partial charge in [-0.1, -0.05) is 12.1 Å². The summed E-state index contributed by atoms with van der Waals surface area (Å²) in [5.74, 6) is 0.279. The number of esters is 1. The smallest absolute Gasteiger partial charge is 0.307 e. The fraction of sp³-hybridized carbons (Fsp3) is 0.474. The Bertz CT molecular complexity index is 571. The maximum Gasteiger partial charge on any atom is 0.307 e. The molecule has 0 unspecified atom stereocenters. The van der Waals surface area contributed by atoms with Crippen LogP contribution < -0.4 is 4.74 Å². The molecule has 1 aromatic carbocycles. The highest BCUT2D eigenvalue weighted by molar-refractivity contribution is 5.92. The van der Waals surface area contributed by atoms with Crippen molar-refractivity contribution in [2.24, 2.45) is 0 Å². The Morgan fingerprint density at radius 3 is 2.68 bits per heavy atom. The molecule has 0 aliphatic heterocycles. The van der Waals surface area contributed by atoms with Crippen molar-refractivity contribution in [3.63, 3.8) is 0 Å². The van der Waals surface area contributed by atoms with Crippen LogP contribution >= 0.6 is 0 Å². The summed E-state index contributed by atoms with van der Waals surface area (Å²) in [6, 6.07) is 7.44. The monoisotopic (exact) mass is 349 g/mol. The summed E-state index contributed by atoms with van der Waals surface area (Å²) < 4.78 is 15.1. The number of rotatable bonds is 11. The van der Waals surface area contributed by atoms with E-state index in [-0.39, 0.29) is 18.3 Å². The van der Waals surface area contributed by atoms with Crippen molar-refractivity contribution in [3.05, 3.63) is 35.9 Å². The Morgan fingerprint density at radius 1 is 1.20 bits per heavy atom. The summed E-state index contributed by atoms with van der Waals surface area (Å²) >= 11 is 0. The highest BCUT2D eigenvalue weighted by Gasteiger charge is 2.13. The molecule has 0 spiro atoms. The predicted octanol–water partition coefficient (Wildman–Crippen LogP) is 2.53. The third-order valence-electron chi connectivity index (χ3n) is 3.49. The van der Waals surface area contributed by atoms with Crippen LogP contribution in [0.1, 0.15) is 25.3 Å². The lowest BCUT2D eigenvalue weighted by Gasteiger charge is -2.20. The standard InChI is InChI=1S/C19H27NO5/c1-4-25-19(22)11-13-20(12-6-14-23-2)18(21)10-9-16-7-5-8-17(15-16)24-3/h5,7-10,15H,4,6,11-14H2,1-3H3/b10-9+. The number of amides is 1. The second-order valence-electron chi connectivity index (χ2n) is 5.34. The van der Waals surface area contributed by atoms with Gasteiger partial charge in [-0.05, 0) is 37.1 Å².